The molecule has 0 aliphatic carbocycles. The van der Waals surface area contributed by atoms with E-state index in [-0.39, 0.29) is 35.1 Å². The van der Waals surface area contributed by atoms with E-state index >= 15 is 4.39 Å². The largest absolute Gasteiger partial charge is 0.384 e. The van der Waals surface area contributed by atoms with Gasteiger partial charge in [-0.2, -0.15) is 5.16 Å². The van der Waals surface area contributed by atoms with Crippen LogP contribution in [0.5, 0.6) is 0 Å². The van der Waals surface area contributed by atoms with E-state index in [4.69, 9.17) is 4.52 Å². The van der Waals surface area contributed by atoms with Gasteiger partial charge in [-0.05, 0) is 24.8 Å². The standard InChI is InChI=1S/C21H21F3N4O2/c1-21(23,24)14-6-4-13(5-7-14)17-3-2-10-28(17)20-19(22)16(25-12-26-20)9-8-15-11-18(29)27-30-15/h4-7,11-12,17H,2-3,8-10H2,1H3,(H,27,29). The van der Waals surface area contributed by atoms with Crippen LogP contribution in [0.1, 0.15) is 48.4 Å². The molecule has 1 aliphatic heterocycles. The van der Waals surface area contributed by atoms with E-state index in [1.54, 1.807) is 12.1 Å². The number of benzene rings is 1. The average Bonchev–Trinajstić information content (AvgIpc) is 3.36. The quantitative estimate of drug-likeness (QED) is 0.651. The van der Waals surface area contributed by atoms with Crippen LogP contribution in [0, 0.1) is 5.82 Å². The molecule has 4 rings (SSSR count). The highest BCUT2D eigenvalue weighted by atomic mass is 19.3. The number of rotatable bonds is 6. The van der Waals surface area contributed by atoms with E-state index in [2.05, 4.69) is 15.1 Å². The van der Waals surface area contributed by atoms with Crippen molar-refractivity contribution in [2.45, 2.75) is 44.6 Å². The number of hydrogen-bond donors (Lipinski definition) is 1. The van der Waals surface area contributed by atoms with Crippen molar-refractivity contribution in [2.24, 2.45) is 0 Å². The molecule has 1 aromatic carbocycles. The highest BCUT2D eigenvalue weighted by Crippen LogP contribution is 2.37. The summed E-state index contributed by atoms with van der Waals surface area (Å²) >= 11 is 0. The smallest absolute Gasteiger partial charge is 0.280 e. The number of aromatic nitrogens is 3. The summed E-state index contributed by atoms with van der Waals surface area (Å²) in [5.74, 6) is -2.80. The number of nitrogens with one attached hydrogen (secondary N) is 1. The molecule has 1 atom stereocenters. The molecule has 30 heavy (non-hydrogen) atoms. The Morgan fingerprint density at radius 2 is 2.00 bits per heavy atom. The first-order valence-electron chi connectivity index (χ1n) is 9.74. The van der Waals surface area contributed by atoms with Crippen molar-refractivity contribution in [3.63, 3.8) is 0 Å². The maximum atomic E-state index is 15.2. The van der Waals surface area contributed by atoms with Gasteiger partial charge in [0.15, 0.2) is 11.6 Å². The van der Waals surface area contributed by atoms with E-state index in [1.807, 2.05) is 4.90 Å². The van der Waals surface area contributed by atoms with Gasteiger partial charge in [0, 0.05) is 31.5 Å². The van der Waals surface area contributed by atoms with Crippen LogP contribution in [0.2, 0.25) is 0 Å². The van der Waals surface area contributed by atoms with Gasteiger partial charge >= 0.3 is 0 Å². The monoisotopic (exact) mass is 418 g/mol. The first-order chi connectivity index (χ1) is 14.3. The Bertz CT molecular complexity index is 1070. The van der Waals surface area contributed by atoms with Crippen LogP contribution in [-0.2, 0) is 18.8 Å². The van der Waals surface area contributed by atoms with Crippen molar-refractivity contribution in [3.05, 3.63) is 75.4 Å². The molecule has 2 aromatic heterocycles. The second-order valence-corrected chi connectivity index (χ2v) is 7.50. The van der Waals surface area contributed by atoms with Crippen LogP contribution in [0.3, 0.4) is 0 Å². The Hall–Kier alpha value is -3.10. The number of hydrogen-bond acceptors (Lipinski definition) is 5. The van der Waals surface area contributed by atoms with Gasteiger partial charge in [0.25, 0.3) is 11.5 Å². The summed E-state index contributed by atoms with van der Waals surface area (Å²) in [4.78, 5) is 21.2. The number of H-pyrrole nitrogens is 1. The summed E-state index contributed by atoms with van der Waals surface area (Å²) in [6.07, 6.45) is 3.50. The van der Waals surface area contributed by atoms with Crippen LogP contribution >= 0.6 is 0 Å². The van der Waals surface area contributed by atoms with Crippen LogP contribution in [0.15, 0.2) is 46.0 Å². The molecular weight excluding hydrogens is 397 g/mol. The fraction of sp³-hybridized carbons (Fsp3) is 0.381. The van der Waals surface area contributed by atoms with Gasteiger partial charge in [0.1, 0.15) is 12.1 Å². The van der Waals surface area contributed by atoms with Crippen LogP contribution in [-0.4, -0.2) is 21.7 Å². The van der Waals surface area contributed by atoms with Gasteiger partial charge in [-0.1, -0.05) is 24.3 Å². The van der Waals surface area contributed by atoms with Crippen LogP contribution in [0.4, 0.5) is 19.0 Å². The summed E-state index contributed by atoms with van der Waals surface area (Å²) in [5, 5.41) is 2.20. The van der Waals surface area contributed by atoms with Crippen molar-refractivity contribution < 1.29 is 17.7 Å². The predicted molar refractivity (Wildman–Crippen MR) is 104 cm³/mol. The normalized spacial score (nSPS) is 16.9. The molecule has 1 aliphatic rings. The number of nitrogens with zero attached hydrogens (tertiary/aromatic N) is 3. The van der Waals surface area contributed by atoms with Crippen LogP contribution in [0.25, 0.3) is 0 Å². The molecule has 1 saturated heterocycles. The third kappa shape index (κ3) is 4.10. The van der Waals surface area contributed by atoms with E-state index in [1.165, 1.54) is 24.5 Å². The zero-order valence-corrected chi connectivity index (χ0v) is 16.4. The highest BCUT2D eigenvalue weighted by molar-refractivity contribution is 5.46. The Kier molecular flexibility index (Phi) is 5.36. The molecule has 0 amide bonds. The van der Waals surface area contributed by atoms with E-state index < -0.39 is 11.7 Å². The zero-order chi connectivity index (χ0) is 21.3. The Morgan fingerprint density at radius 3 is 2.67 bits per heavy atom. The molecule has 0 radical (unpaired) electrons. The molecule has 1 N–H and O–H groups in total. The Labute approximate surface area is 170 Å². The Morgan fingerprint density at radius 1 is 1.23 bits per heavy atom. The lowest BCUT2D eigenvalue weighted by Crippen LogP contribution is -2.25. The van der Waals surface area contributed by atoms with E-state index in [0.717, 1.165) is 25.3 Å². The fourth-order valence-electron chi connectivity index (χ4n) is 3.82. The predicted octanol–water partition coefficient (Wildman–Crippen LogP) is 4.14. The van der Waals surface area contributed by atoms with Gasteiger partial charge in [0.05, 0.1) is 11.7 Å². The highest BCUT2D eigenvalue weighted by Gasteiger charge is 2.31. The number of aryl methyl sites for hydroxylation is 2. The minimum atomic E-state index is -2.90. The average molecular weight is 418 g/mol. The molecular formula is C21H21F3N4O2. The van der Waals surface area contributed by atoms with Gasteiger partial charge in [-0.3, -0.25) is 4.79 Å². The fourth-order valence-corrected chi connectivity index (χ4v) is 3.82. The van der Waals surface area contributed by atoms with E-state index in [9.17, 15) is 13.6 Å². The second kappa shape index (κ2) is 7.97. The van der Waals surface area contributed by atoms with Crippen molar-refractivity contribution in [1.82, 2.24) is 15.1 Å². The topological polar surface area (TPSA) is 75.0 Å². The van der Waals surface area contributed by atoms with Gasteiger partial charge < -0.3 is 9.42 Å². The summed E-state index contributed by atoms with van der Waals surface area (Å²) in [6, 6.07) is 7.34. The molecule has 0 spiro atoms. The first-order valence-corrected chi connectivity index (χ1v) is 9.74. The van der Waals surface area contributed by atoms with Crippen molar-refractivity contribution >= 4 is 5.82 Å². The molecule has 0 bridgehead atoms. The van der Waals surface area contributed by atoms with Gasteiger partial charge in [0.2, 0.25) is 0 Å². The molecule has 158 valence electrons. The number of alkyl halides is 2. The van der Waals surface area contributed by atoms with Gasteiger partial charge in [-0.25, -0.2) is 23.1 Å². The lowest BCUT2D eigenvalue weighted by Gasteiger charge is -2.27. The third-order valence-electron chi connectivity index (χ3n) is 5.35. The maximum Gasteiger partial charge on any atom is 0.280 e. The van der Waals surface area contributed by atoms with Crippen molar-refractivity contribution in [2.75, 3.05) is 11.4 Å². The summed E-state index contributed by atoms with van der Waals surface area (Å²) in [6.45, 7) is 1.47. The van der Waals surface area contributed by atoms with E-state index in [0.29, 0.717) is 18.7 Å². The summed E-state index contributed by atoms with van der Waals surface area (Å²) in [5.41, 5.74) is 0.674. The Balaban J connectivity index is 1.56. The van der Waals surface area contributed by atoms with Crippen molar-refractivity contribution in [1.29, 1.82) is 0 Å². The molecule has 3 heterocycles. The second-order valence-electron chi connectivity index (χ2n) is 7.50. The first kappa shape index (κ1) is 20.2. The molecule has 3 aromatic rings. The number of halogens is 3. The zero-order valence-electron chi connectivity index (χ0n) is 16.4. The van der Waals surface area contributed by atoms with Crippen molar-refractivity contribution in [3.8, 4) is 0 Å². The summed E-state index contributed by atoms with van der Waals surface area (Å²) in [7, 11) is 0. The minimum absolute atomic E-state index is 0.0530. The van der Waals surface area contributed by atoms with Gasteiger partial charge in [-0.15, -0.1) is 0 Å². The number of anilines is 1. The lowest BCUT2D eigenvalue weighted by molar-refractivity contribution is 0.0174. The molecule has 1 fully saturated rings. The summed E-state index contributed by atoms with van der Waals surface area (Å²) < 4.78 is 47.2. The maximum absolute atomic E-state index is 15.2. The molecule has 1 unspecified atom stereocenters. The molecule has 0 saturated carbocycles. The molecule has 6 nitrogen and oxygen atoms in total. The molecule has 9 heteroatoms. The third-order valence-corrected chi connectivity index (χ3v) is 5.35. The minimum Gasteiger partial charge on any atom is -0.384 e. The SMILES string of the molecule is CC(F)(F)c1ccc(C2CCCN2c2ncnc(CCc3cc(=O)[nH]o3)c2F)cc1. The number of aromatic amines is 1. The van der Waals surface area contributed by atoms with Crippen LogP contribution < -0.4 is 10.5 Å². The lowest BCUT2D eigenvalue weighted by atomic mass is 10.0.